The van der Waals surface area contributed by atoms with E-state index in [0.29, 0.717) is 16.7 Å². The topological polar surface area (TPSA) is 9.23 Å². The van der Waals surface area contributed by atoms with E-state index in [9.17, 15) is 0 Å². The molecule has 1 atom stereocenters. The maximum atomic E-state index is 6.09. The Morgan fingerprint density at radius 3 is 2.47 bits per heavy atom. The van der Waals surface area contributed by atoms with Crippen LogP contribution in [-0.4, -0.2) is 11.0 Å². The highest BCUT2D eigenvalue weighted by Gasteiger charge is 2.16. The van der Waals surface area contributed by atoms with E-state index in [1.165, 1.54) is 0 Å². The van der Waals surface area contributed by atoms with E-state index in [2.05, 4.69) is 29.2 Å². The fraction of sp³-hybridized carbons (Fsp3) is 0.273. The van der Waals surface area contributed by atoms with E-state index in [0.717, 1.165) is 9.99 Å². The van der Waals surface area contributed by atoms with Crippen LogP contribution in [0.3, 0.4) is 0 Å². The molecule has 0 aliphatic rings. The molecular weight excluding hydrogens is 346 g/mol. The molecule has 0 aromatic heterocycles. The van der Waals surface area contributed by atoms with Crippen LogP contribution in [0.2, 0.25) is 10.0 Å². The standard InChI is InChI=1S/C11H11Cl2IO/c1-2-6-15-10(7-14)11-8(12)4-3-5-9(11)13/h2-5,10H,1,6-7H2. The second kappa shape index (κ2) is 6.74. The molecule has 82 valence electrons. The van der Waals surface area contributed by atoms with Crippen LogP contribution in [0.1, 0.15) is 11.7 Å². The van der Waals surface area contributed by atoms with Crippen LogP contribution >= 0.6 is 45.8 Å². The zero-order chi connectivity index (χ0) is 11.3. The second-order valence-electron chi connectivity index (χ2n) is 2.90. The summed E-state index contributed by atoms with van der Waals surface area (Å²) in [4.78, 5) is 0. The first-order chi connectivity index (χ1) is 7.20. The van der Waals surface area contributed by atoms with Gasteiger partial charge in [-0.3, -0.25) is 0 Å². The van der Waals surface area contributed by atoms with Gasteiger partial charge in [-0.25, -0.2) is 0 Å². The monoisotopic (exact) mass is 356 g/mol. The number of alkyl halides is 1. The number of benzene rings is 1. The molecule has 0 aliphatic carbocycles. The predicted molar refractivity (Wildman–Crippen MR) is 74.2 cm³/mol. The van der Waals surface area contributed by atoms with Gasteiger partial charge in [0.25, 0.3) is 0 Å². The highest BCUT2D eigenvalue weighted by Crippen LogP contribution is 2.33. The molecule has 15 heavy (non-hydrogen) atoms. The summed E-state index contributed by atoms with van der Waals surface area (Å²) in [5, 5.41) is 1.29. The minimum atomic E-state index is -0.0789. The molecule has 0 saturated carbocycles. The second-order valence-corrected chi connectivity index (χ2v) is 4.60. The number of hydrogen-bond donors (Lipinski definition) is 0. The zero-order valence-corrected chi connectivity index (χ0v) is 11.7. The molecule has 0 fully saturated rings. The molecule has 0 heterocycles. The third kappa shape index (κ3) is 3.63. The van der Waals surface area contributed by atoms with E-state index in [1.54, 1.807) is 6.08 Å². The van der Waals surface area contributed by atoms with Crippen LogP contribution in [0.4, 0.5) is 0 Å². The van der Waals surface area contributed by atoms with Crippen molar-refractivity contribution in [2.24, 2.45) is 0 Å². The smallest absolute Gasteiger partial charge is 0.0947 e. The molecule has 0 spiro atoms. The third-order valence-electron chi connectivity index (χ3n) is 1.88. The molecule has 4 heteroatoms. The Kier molecular flexibility index (Phi) is 5.97. The summed E-state index contributed by atoms with van der Waals surface area (Å²) in [6.45, 7) is 4.11. The van der Waals surface area contributed by atoms with Gasteiger partial charge in [0.15, 0.2) is 0 Å². The molecule has 0 aliphatic heterocycles. The molecule has 1 nitrogen and oxygen atoms in total. The van der Waals surface area contributed by atoms with Crippen molar-refractivity contribution >= 4 is 45.8 Å². The maximum Gasteiger partial charge on any atom is 0.0947 e. The van der Waals surface area contributed by atoms with E-state index < -0.39 is 0 Å². The van der Waals surface area contributed by atoms with Crippen LogP contribution in [0, 0.1) is 0 Å². The number of halogens is 3. The van der Waals surface area contributed by atoms with Gasteiger partial charge >= 0.3 is 0 Å². The molecule has 1 rings (SSSR count). The molecule has 1 aromatic carbocycles. The Hall–Kier alpha value is 0.230. The summed E-state index contributed by atoms with van der Waals surface area (Å²) in [5.74, 6) is 0. The lowest BCUT2D eigenvalue weighted by Gasteiger charge is -2.17. The van der Waals surface area contributed by atoms with Gasteiger partial charge in [-0.1, -0.05) is 57.9 Å². The van der Waals surface area contributed by atoms with Crippen molar-refractivity contribution < 1.29 is 4.74 Å². The van der Waals surface area contributed by atoms with Crippen LogP contribution in [-0.2, 0) is 4.74 Å². The Morgan fingerprint density at radius 1 is 1.40 bits per heavy atom. The first-order valence-corrected chi connectivity index (χ1v) is 6.71. The first-order valence-electron chi connectivity index (χ1n) is 4.43. The van der Waals surface area contributed by atoms with Crippen molar-refractivity contribution in [3.05, 3.63) is 46.5 Å². The third-order valence-corrected chi connectivity index (χ3v) is 3.34. The van der Waals surface area contributed by atoms with Crippen molar-refractivity contribution in [2.45, 2.75) is 6.10 Å². The number of ether oxygens (including phenoxy) is 1. The summed E-state index contributed by atoms with van der Waals surface area (Å²) in [6.07, 6.45) is 1.63. The lowest BCUT2D eigenvalue weighted by Crippen LogP contribution is -2.07. The largest absolute Gasteiger partial charge is 0.369 e. The average molecular weight is 357 g/mol. The summed E-state index contributed by atoms with van der Waals surface area (Å²) >= 11 is 14.4. The fourth-order valence-electron chi connectivity index (χ4n) is 1.21. The normalized spacial score (nSPS) is 12.5. The molecule has 0 bridgehead atoms. The first kappa shape index (κ1) is 13.3. The van der Waals surface area contributed by atoms with Gasteiger partial charge in [0.05, 0.1) is 12.7 Å². The van der Waals surface area contributed by atoms with Crippen LogP contribution in [0.25, 0.3) is 0 Å². The summed E-state index contributed by atoms with van der Waals surface area (Å²) in [7, 11) is 0. The minimum absolute atomic E-state index is 0.0789. The predicted octanol–water partition coefficient (Wildman–Crippen LogP) is 4.67. The van der Waals surface area contributed by atoms with Gasteiger partial charge in [-0.2, -0.15) is 0 Å². The van der Waals surface area contributed by atoms with Gasteiger partial charge in [0.1, 0.15) is 0 Å². The molecule has 1 unspecified atom stereocenters. The van der Waals surface area contributed by atoms with Gasteiger partial charge in [0, 0.05) is 20.0 Å². The van der Waals surface area contributed by atoms with E-state index in [4.69, 9.17) is 27.9 Å². The van der Waals surface area contributed by atoms with Crippen molar-refractivity contribution in [2.75, 3.05) is 11.0 Å². The quantitative estimate of drug-likeness (QED) is 0.423. The number of rotatable bonds is 5. The van der Waals surface area contributed by atoms with Crippen LogP contribution in [0.15, 0.2) is 30.9 Å². The summed E-state index contributed by atoms with van der Waals surface area (Å²) in [5.41, 5.74) is 0.858. The van der Waals surface area contributed by atoms with Crippen molar-refractivity contribution in [3.63, 3.8) is 0 Å². The Bertz CT molecular complexity index is 321. The van der Waals surface area contributed by atoms with Crippen molar-refractivity contribution in [1.82, 2.24) is 0 Å². The molecule has 1 aromatic rings. The lowest BCUT2D eigenvalue weighted by atomic mass is 10.1. The molecule has 0 saturated heterocycles. The van der Waals surface area contributed by atoms with Gasteiger partial charge < -0.3 is 4.74 Å². The van der Waals surface area contributed by atoms with Crippen molar-refractivity contribution in [3.8, 4) is 0 Å². The highest BCUT2D eigenvalue weighted by molar-refractivity contribution is 14.1. The van der Waals surface area contributed by atoms with Crippen LogP contribution in [0.5, 0.6) is 0 Å². The van der Waals surface area contributed by atoms with Crippen LogP contribution < -0.4 is 0 Å². The maximum absolute atomic E-state index is 6.09. The minimum Gasteiger partial charge on any atom is -0.369 e. The zero-order valence-electron chi connectivity index (χ0n) is 8.05. The number of hydrogen-bond acceptors (Lipinski definition) is 1. The van der Waals surface area contributed by atoms with E-state index >= 15 is 0 Å². The Labute approximate surface area is 114 Å². The van der Waals surface area contributed by atoms with Gasteiger partial charge in [0.2, 0.25) is 0 Å². The Balaban J connectivity index is 2.95. The summed E-state index contributed by atoms with van der Waals surface area (Å²) in [6, 6.07) is 5.46. The molecule has 0 amide bonds. The molecular formula is C11H11Cl2IO. The SMILES string of the molecule is C=CCOC(CI)c1c(Cl)cccc1Cl. The molecule has 0 radical (unpaired) electrons. The lowest BCUT2D eigenvalue weighted by molar-refractivity contribution is 0.0946. The van der Waals surface area contributed by atoms with Crippen molar-refractivity contribution in [1.29, 1.82) is 0 Å². The highest BCUT2D eigenvalue weighted by atomic mass is 127. The van der Waals surface area contributed by atoms with E-state index in [1.807, 2.05) is 18.2 Å². The summed E-state index contributed by atoms with van der Waals surface area (Å²) < 4.78 is 6.39. The average Bonchev–Trinajstić information content (AvgIpc) is 2.22. The van der Waals surface area contributed by atoms with Gasteiger partial charge in [-0.05, 0) is 12.1 Å². The fourth-order valence-corrected chi connectivity index (χ4v) is 2.54. The van der Waals surface area contributed by atoms with E-state index in [-0.39, 0.29) is 6.10 Å². The van der Waals surface area contributed by atoms with Gasteiger partial charge in [-0.15, -0.1) is 6.58 Å². The molecule has 0 N–H and O–H groups in total. The Morgan fingerprint density at radius 2 is 2.00 bits per heavy atom.